The lowest BCUT2D eigenvalue weighted by molar-refractivity contribution is 0.303. The predicted octanol–water partition coefficient (Wildman–Crippen LogP) is 3.24. The van der Waals surface area contributed by atoms with E-state index in [0.717, 1.165) is 18.4 Å². The summed E-state index contributed by atoms with van der Waals surface area (Å²) in [5.74, 6) is 0.295. The van der Waals surface area contributed by atoms with Gasteiger partial charge < -0.3 is 10.5 Å². The van der Waals surface area contributed by atoms with Crippen LogP contribution in [0.25, 0.3) is 0 Å². The molecule has 16 heavy (non-hydrogen) atoms. The summed E-state index contributed by atoms with van der Waals surface area (Å²) in [4.78, 5) is 0. The van der Waals surface area contributed by atoms with E-state index in [1.54, 1.807) is 6.07 Å². The Balaban J connectivity index is 2.38. The van der Waals surface area contributed by atoms with Crippen LogP contribution in [-0.2, 0) is 6.54 Å². The first-order valence-electron chi connectivity index (χ1n) is 5.88. The first kappa shape index (κ1) is 13.0. The number of hydrogen-bond donors (Lipinski definition) is 1. The summed E-state index contributed by atoms with van der Waals surface area (Å²) in [5, 5.41) is 0. The molecular weight excluding hydrogens is 205 g/mol. The van der Waals surface area contributed by atoms with Gasteiger partial charge in [0.15, 0.2) is 0 Å². The third-order valence-electron chi connectivity index (χ3n) is 2.43. The molecule has 0 aromatic heterocycles. The highest BCUT2D eigenvalue weighted by Crippen LogP contribution is 2.16. The Bertz CT molecular complexity index is 315. The van der Waals surface area contributed by atoms with Crippen molar-refractivity contribution in [2.45, 2.75) is 39.2 Å². The molecule has 0 aliphatic heterocycles. The minimum absolute atomic E-state index is 0.286. The van der Waals surface area contributed by atoms with E-state index in [1.165, 1.54) is 25.0 Å². The Morgan fingerprint density at radius 2 is 2.00 bits per heavy atom. The van der Waals surface area contributed by atoms with Crippen molar-refractivity contribution >= 4 is 0 Å². The fourth-order valence-corrected chi connectivity index (χ4v) is 1.54. The molecule has 0 saturated carbocycles. The molecule has 0 unspecified atom stereocenters. The van der Waals surface area contributed by atoms with E-state index in [1.807, 2.05) is 0 Å². The third-order valence-corrected chi connectivity index (χ3v) is 2.43. The largest absolute Gasteiger partial charge is 0.493 e. The van der Waals surface area contributed by atoms with Crippen molar-refractivity contribution in [3.63, 3.8) is 0 Å². The van der Waals surface area contributed by atoms with Crippen LogP contribution in [0.2, 0.25) is 0 Å². The number of ether oxygens (including phenoxy) is 1. The molecular formula is C13H20FNO. The Labute approximate surface area is 96.6 Å². The summed E-state index contributed by atoms with van der Waals surface area (Å²) in [6.07, 6.45) is 4.61. The third kappa shape index (κ3) is 4.62. The van der Waals surface area contributed by atoms with Crippen molar-refractivity contribution in [2.24, 2.45) is 5.73 Å². The van der Waals surface area contributed by atoms with Gasteiger partial charge in [0.05, 0.1) is 6.61 Å². The summed E-state index contributed by atoms with van der Waals surface area (Å²) < 4.78 is 18.6. The molecule has 0 amide bonds. The lowest BCUT2D eigenvalue weighted by Crippen LogP contribution is -2.01. The molecule has 0 fully saturated rings. The highest BCUT2D eigenvalue weighted by molar-refractivity contribution is 5.29. The molecule has 0 radical (unpaired) electrons. The van der Waals surface area contributed by atoms with Gasteiger partial charge in [0.2, 0.25) is 0 Å². The van der Waals surface area contributed by atoms with Gasteiger partial charge in [0.25, 0.3) is 0 Å². The van der Waals surface area contributed by atoms with E-state index in [4.69, 9.17) is 10.5 Å². The van der Waals surface area contributed by atoms with Crippen LogP contribution in [0.5, 0.6) is 5.75 Å². The monoisotopic (exact) mass is 225 g/mol. The molecule has 1 aromatic rings. The fourth-order valence-electron chi connectivity index (χ4n) is 1.54. The molecule has 3 heteroatoms. The summed E-state index contributed by atoms with van der Waals surface area (Å²) >= 11 is 0. The summed E-state index contributed by atoms with van der Waals surface area (Å²) in [7, 11) is 0. The number of hydrogen-bond acceptors (Lipinski definition) is 2. The molecule has 2 N–H and O–H groups in total. The second-order valence-electron chi connectivity index (χ2n) is 3.91. The van der Waals surface area contributed by atoms with Gasteiger partial charge in [-0.15, -0.1) is 0 Å². The van der Waals surface area contributed by atoms with Crippen LogP contribution in [0.3, 0.4) is 0 Å². The molecule has 0 bridgehead atoms. The molecule has 1 rings (SSSR count). The van der Waals surface area contributed by atoms with Gasteiger partial charge in [-0.05, 0) is 24.1 Å². The molecule has 1 aromatic carbocycles. The Hall–Kier alpha value is -1.09. The Morgan fingerprint density at radius 3 is 2.69 bits per heavy atom. The molecule has 0 atom stereocenters. The highest BCUT2D eigenvalue weighted by Gasteiger charge is 2.00. The van der Waals surface area contributed by atoms with Crippen molar-refractivity contribution in [2.75, 3.05) is 6.61 Å². The van der Waals surface area contributed by atoms with Gasteiger partial charge in [0, 0.05) is 12.6 Å². The number of halogens is 1. The summed E-state index contributed by atoms with van der Waals surface area (Å²) in [5.41, 5.74) is 6.23. The number of rotatable bonds is 7. The second kappa shape index (κ2) is 7.23. The molecule has 0 saturated heterocycles. The fraction of sp³-hybridized carbons (Fsp3) is 0.538. The predicted molar refractivity (Wildman–Crippen MR) is 63.9 cm³/mol. The number of benzene rings is 1. The topological polar surface area (TPSA) is 35.2 Å². The van der Waals surface area contributed by atoms with Crippen LogP contribution in [0.4, 0.5) is 4.39 Å². The van der Waals surface area contributed by atoms with E-state index in [9.17, 15) is 4.39 Å². The van der Waals surface area contributed by atoms with Crippen LogP contribution >= 0.6 is 0 Å². The average Bonchev–Trinajstić information content (AvgIpc) is 2.28. The minimum Gasteiger partial charge on any atom is -0.493 e. The smallest absolute Gasteiger partial charge is 0.127 e. The van der Waals surface area contributed by atoms with Crippen LogP contribution in [0, 0.1) is 5.82 Å². The van der Waals surface area contributed by atoms with Gasteiger partial charge in [-0.25, -0.2) is 4.39 Å². The normalized spacial score (nSPS) is 10.4. The van der Waals surface area contributed by atoms with Crippen molar-refractivity contribution < 1.29 is 9.13 Å². The van der Waals surface area contributed by atoms with Gasteiger partial charge in [-0.1, -0.05) is 26.2 Å². The first-order chi connectivity index (χ1) is 7.76. The minimum atomic E-state index is -0.286. The first-order valence-corrected chi connectivity index (χ1v) is 5.88. The SMILES string of the molecule is CCCCCCOc1cc(F)cc(CN)c1. The lowest BCUT2D eigenvalue weighted by atomic mass is 10.2. The Kier molecular flexibility index (Phi) is 5.86. The maximum absolute atomic E-state index is 13.1. The van der Waals surface area contributed by atoms with Crippen molar-refractivity contribution in [3.05, 3.63) is 29.6 Å². The van der Waals surface area contributed by atoms with Crippen LogP contribution in [0.15, 0.2) is 18.2 Å². The second-order valence-corrected chi connectivity index (χ2v) is 3.91. The molecule has 2 nitrogen and oxygen atoms in total. The number of unbranched alkanes of at least 4 members (excludes halogenated alkanes) is 3. The van der Waals surface area contributed by atoms with Crippen molar-refractivity contribution in [3.8, 4) is 5.75 Å². The van der Waals surface area contributed by atoms with Gasteiger partial charge in [-0.2, -0.15) is 0 Å². The average molecular weight is 225 g/mol. The van der Waals surface area contributed by atoms with Gasteiger partial charge >= 0.3 is 0 Å². The zero-order chi connectivity index (χ0) is 11.8. The van der Waals surface area contributed by atoms with Gasteiger partial charge in [0.1, 0.15) is 11.6 Å². The van der Waals surface area contributed by atoms with E-state index in [-0.39, 0.29) is 5.82 Å². The number of nitrogens with two attached hydrogens (primary N) is 1. The Morgan fingerprint density at radius 1 is 1.19 bits per heavy atom. The quantitative estimate of drug-likeness (QED) is 0.723. The summed E-state index contributed by atoms with van der Waals surface area (Å²) in [6.45, 7) is 3.15. The standard InChI is InChI=1S/C13H20FNO/c1-2-3-4-5-6-16-13-8-11(10-15)7-12(14)9-13/h7-9H,2-6,10,15H2,1H3. The molecule has 0 spiro atoms. The van der Waals surface area contributed by atoms with E-state index >= 15 is 0 Å². The van der Waals surface area contributed by atoms with Gasteiger partial charge in [-0.3, -0.25) is 0 Å². The van der Waals surface area contributed by atoms with Crippen molar-refractivity contribution in [1.82, 2.24) is 0 Å². The maximum Gasteiger partial charge on any atom is 0.127 e. The van der Waals surface area contributed by atoms with Crippen LogP contribution < -0.4 is 10.5 Å². The molecule has 90 valence electrons. The van der Waals surface area contributed by atoms with E-state index < -0.39 is 0 Å². The zero-order valence-corrected chi connectivity index (χ0v) is 9.84. The summed E-state index contributed by atoms with van der Waals surface area (Å²) in [6, 6.07) is 4.63. The van der Waals surface area contributed by atoms with Crippen LogP contribution in [-0.4, -0.2) is 6.61 Å². The van der Waals surface area contributed by atoms with E-state index in [2.05, 4.69) is 6.92 Å². The van der Waals surface area contributed by atoms with E-state index in [0.29, 0.717) is 18.9 Å². The highest BCUT2D eigenvalue weighted by atomic mass is 19.1. The van der Waals surface area contributed by atoms with Crippen LogP contribution in [0.1, 0.15) is 38.2 Å². The molecule has 0 heterocycles. The molecule has 0 aliphatic rings. The lowest BCUT2D eigenvalue weighted by Gasteiger charge is -2.07. The maximum atomic E-state index is 13.1. The van der Waals surface area contributed by atoms with Crippen molar-refractivity contribution in [1.29, 1.82) is 0 Å². The zero-order valence-electron chi connectivity index (χ0n) is 9.84. The molecule has 0 aliphatic carbocycles.